The minimum atomic E-state index is -0.103. The predicted molar refractivity (Wildman–Crippen MR) is 138 cm³/mol. The number of allylic oxidation sites excluding steroid dienone is 2. The van der Waals surface area contributed by atoms with E-state index in [1.165, 1.54) is 57.8 Å². The maximum atomic E-state index is 11.5. The molecule has 9 atom stereocenters. The first-order valence-electron chi connectivity index (χ1n) is 14.5. The van der Waals surface area contributed by atoms with Gasteiger partial charge >= 0.3 is 5.97 Å². The third-order valence-electron chi connectivity index (χ3n) is 11.6. The van der Waals surface area contributed by atoms with Gasteiger partial charge in [-0.25, -0.2) is 0 Å². The Balaban J connectivity index is 1.46. The predicted octanol–water partition coefficient (Wildman–Crippen LogP) is 8.60. The molecule has 2 heteroatoms. The minimum absolute atomic E-state index is 0.103. The van der Waals surface area contributed by atoms with Crippen molar-refractivity contribution in [3.63, 3.8) is 0 Å². The molecular weight excluding hydrogens is 404 g/mol. The molecule has 0 aromatic rings. The summed E-state index contributed by atoms with van der Waals surface area (Å²) in [6.45, 7) is 16.6. The summed E-state index contributed by atoms with van der Waals surface area (Å²) in [4.78, 5) is 11.5. The monoisotopic (exact) mass is 456 g/mol. The highest BCUT2D eigenvalue weighted by molar-refractivity contribution is 5.66. The van der Waals surface area contributed by atoms with Gasteiger partial charge in [-0.15, -0.1) is 0 Å². The summed E-state index contributed by atoms with van der Waals surface area (Å²) in [5.74, 6) is 5.65. The van der Waals surface area contributed by atoms with Crippen LogP contribution < -0.4 is 0 Å². The van der Waals surface area contributed by atoms with Crippen molar-refractivity contribution < 1.29 is 9.53 Å². The quantitative estimate of drug-likeness (QED) is 0.283. The number of carbonyl (C=O) groups excluding carboxylic acids is 1. The van der Waals surface area contributed by atoms with Crippen LogP contribution in [0.2, 0.25) is 0 Å². The summed E-state index contributed by atoms with van der Waals surface area (Å²) in [5.41, 5.74) is 2.79. The number of carbonyl (C=O) groups is 1. The minimum Gasteiger partial charge on any atom is -0.463 e. The third-order valence-corrected chi connectivity index (χ3v) is 11.6. The van der Waals surface area contributed by atoms with Gasteiger partial charge in [-0.2, -0.15) is 0 Å². The lowest BCUT2D eigenvalue weighted by Gasteiger charge is -2.58. The van der Waals surface area contributed by atoms with Gasteiger partial charge in [-0.3, -0.25) is 4.79 Å². The molecule has 0 N–H and O–H groups in total. The van der Waals surface area contributed by atoms with Gasteiger partial charge in [-0.1, -0.05) is 66.0 Å². The van der Waals surface area contributed by atoms with E-state index in [4.69, 9.17) is 4.74 Å². The standard InChI is InChI=1S/C31H52O2/c1-8-23(20(2)3)10-9-21(4)27-13-14-28-26-12-11-24-19-25(33-22(5)32)15-17-30(24,6)29(26)16-18-31(27,28)7/h12,20-21,23-25,27-29H,8-11,13-19H2,1-7H3/t21-,23-,24-,25+,27-,28+,29+,30+,31-/m1/s1. The molecule has 0 saturated heterocycles. The Kier molecular flexibility index (Phi) is 7.43. The van der Waals surface area contributed by atoms with Gasteiger partial charge in [0.1, 0.15) is 6.10 Å². The summed E-state index contributed by atoms with van der Waals surface area (Å²) in [6.07, 6.45) is 17.3. The molecule has 0 unspecified atom stereocenters. The molecule has 0 heterocycles. The molecule has 4 aliphatic carbocycles. The summed E-state index contributed by atoms with van der Waals surface area (Å²) in [6, 6.07) is 0. The highest BCUT2D eigenvalue weighted by atomic mass is 16.5. The van der Waals surface area contributed by atoms with Gasteiger partial charge in [-0.05, 0) is 110 Å². The van der Waals surface area contributed by atoms with E-state index >= 15 is 0 Å². The third kappa shape index (κ3) is 4.58. The van der Waals surface area contributed by atoms with Crippen LogP contribution in [-0.4, -0.2) is 12.1 Å². The van der Waals surface area contributed by atoms with Gasteiger partial charge in [0.05, 0.1) is 0 Å². The summed E-state index contributed by atoms with van der Waals surface area (Å²) >= 11 is 0. The number of ether oxygens (including phenoxy) is 1. The van der Waals surface area contributed by atoms with Crippen LogP contribution in [0.1, 0.15) is 119 Å². The highest BCUT2D eigenvalue weighted by Gasteiger charge is 2.58. The number of rotatable bonds is 7. The molecule has 3 saturated carbocycles. The maximum absolute atomic E-state index is 11.5. The van der Waals surface area contributed by atoms with Gasteiger partial charge in [0.2, 0.25) is 0 Å². The molecule has 4 aliphatic rings. The molecule has 0 aliphatic heterocycles. The van der Waals surface area contributed by atoms with Gasteiger partial charge in [0, 0.05) is 6.92 Å². The molecule has 3 fully saturated rings. The first-order valence-corrected chi connectivity index (χ1v) is 14.5. The Hall–Kier alpha value is -0.790. The fourth-order valence-electron chi connectivity index (χ4n) is 9.48. The Bertz CT molecular complexity index is 737. The lowest BCUT2D eigenvalue weighted by atomic mass is 9.47. The van der Waals surface area contributed by atoms with Crippen molar-refractivity contribution in [2.24, 2.45) is 52.3 Å². The van der Waals surface area contributed by atoms with E-state index in [0.29, 0.717) is 16.7 Å². The molecule has 4 rings (SSSR count). The molecular formula is C31H52O2. The first kappa shape index (κ1) is 25.3. The zero-order valence-corrected chi connectivity index (χ0v) is 22.8. The molecule has 0 spiro atoms. The fourth-order valence-corrected chi connectivity index (χ4v) is 9.48. The Morgan fingerprint density at radius 2 is 1.73 bits per heavy atom. The van der Waals surface area contributed by atoms with Crippen LogP contribution in [-0.2, 0) is 9.53 Å². The van der Waals surface area contributed by atoms with Crippen molar-refractivity contribution in [1.29, 1.82) is 0 Å². The van der Waals surface area contributed by atoms with Crippen LogP contribution in [0.5, 0.6) is 0 Å². The SMILES string of the molecule is CC[C@H](CC[C@@H](C)[C@H]1CC[C@H]2C3=CC[C@@H]4C[C@@H](OC(C)=O)CC[C@]4(C)[C@H]3CC[C@]12C)C(C)C. The lowest BCUT2D eigenvalue weighted by Crippen LogP contribution is -2.50. The topological polar surface area (TPSA) is 26.3 Å². The largest absolute Gasteiger partial charge is 0.463 e. The second-order valence-corrected chi connectivity index (χ2v) is 13.4. The molecule has 0 radical (unpaired) electrons. The lowest BCUT2D eigenvalue weighted by molar-refractivity contribution is -0.152. The molecule has 0 bridgehead atoms. The van der Waals surface area contributed by atoms with Crippen LogP contribution in [0.3, 0.4) is 0 Å². The molecule has 0 aromatic carbocycles. The van der Waals surface area contributed by atoms with Crippen LogP contribution in [0.15, 0.2) is 11.6 Å². The van der Waals surface area contributed by atoms with Crippen molar-refractivity contribution in [1.82, 2.24) is 0 Å². The second-order valence-electron chi connectivity index (χ2n) is 13.4. The fraction of sp³-hybridized carbons (Fsp3) is 0.903. The first-order chi connectivity index (χ1) is 15.6. The Labute approximate surface area is 204 Å². The number of hydrogen-bond donors (Lipinski definition) is 0. The van der Waals surface area contributed by atoms with Crippen LogP contribution >= 0.6 is 0 Å². The van der Waals surface area contributed by atoms with Gasteiger partial charge in [0.25, 0.3) is 0 Å². The second kappa shape index (κ2) is 9.69. The van der Waals surface area contributed by atoms with Crippen LogP contribution in [0, 0.1) is 52.3 Å². The molecule has 33 heavy (non-hydrogen) atoms. The Morgan fingerprint density at radius 1 is 1.03 bits per heavy atom. The normalized spacial score (nSPS) is 42.1. The van der Waals surface area contributed by atoms with E-state index in [-0.39, 0.29) is 12.1 Å². The van der Waals surface area contributed by atoms with Crippen molar-refractivity contribution in [2.45, 2.75) is 125 Å². The van der Waals surface area contributed by atoms with Crippen LogP contribution in [0.4, 0.5) is 0 Å². The van der Waals surface area contributed by atoms with E-state index in [1.54, 1.807) is 6.92 Å². The molecule has 188 valence electrons. The molecule has 0 amide bonds. The zero-order chi connectivity index (χ0) is 24.0. The molecule has 2 nitrogen and oxygen atoms in total. The van der Waals surface area contributed by atoms with Crippen molar-refractivity contribution in [3.05, 3.63) is 11.6 Å². The van der Waals surface area contributed by atoms with E-state index in [9.17, 15) is 4.79 Å². The van der Waals surface area contributed by atoms with Gasteiger partial charge in [0.15, 0.2) is 0 Å². The van der Waals surface area contributed by atoms with E-state index in [2.05, 4.69) is 47.6 Å². The van der Waals surface area contributed by atoms with E-state index < -0.39 is 0 Å². The summed E-state index contributed by atoms with van der Waals surface area (Å²) in [7, 11) is 0. The zero-order valence-electron chi connectivity index (χ0n) is 22.8. The van der Waals surface area contributed by atoms with Gasteiger partial charge < -0.3 is 4.74 Å². The summed E-state index contributed by atoms with van der Waals surface area (Å²) in [5, 5.41) is 0. The average molecular weight is 457 g/mol. The summed E-state index contributed by atoms with van der Waals surface area (Å²) < 4.78 is 5.65. The smallest absolute Gasteiger partial charge is 0.302 e. The van der Waals surface area contributed by atoms with Crippen molar-refractivity contribution >= 4 is 5.97 Å². The van der Waals surface area contributed by atoms with Crippen molar-refractivity contribution in [3.8, 4) is 0 Å². The molecule has 0 aromatic heterocycles. The highest BCUT2D eigenvalue weighted by Crippen LogP contribution is 2.67. The number of esters is 1. The van der Waals surface area contributed by atoms with E-state index in [1.807, 2.05) is 5.57 Å². The average Bonchev–Trinajstić information content (AvgIpc) is 3.11. The van der Waals surface area contributed by atoms with Crippen LogP contribution in [0.25, 0.3) is 0 Å². The maximum Gasteiger partial charge on any atom is 0.302 e. The Morgan fingerprint density at radius 3 is 2.39 bits per heavy atom. The number of hydrogen-bond acceptors (Lipinski definition) is 2. The van der Waals surface area contributed by atoms with Crippen molar-refractivity contribution in [2.75, 3.05) is 0 Å². The van der Waals surface area contributed by atoms with E-state index in [0.717, 1.165) is 48.3 Å². The number of fused-ring (bicyclic) bond motifs is 5.